The molecule has 2 rings (SSSR count). The molecule has 3 N–H and O–H groups in total. The number of phenols is 2. The summed E-state index contributed by atoms with van der Waals surface area (Å²) in [5.74, 6) is 0.369. The summed E-state index contributed by atoms with van der Waals surface area (Å²) in [6.45, 7) is 0. The van der Waals surface area contributed by atoms with Crippen LogP contribution in [0.1, 0.15) is 0 Å². The number of hydrogen-bond donors (Lipinski definition) is 3. The summed E-state index contributed by atoms with van der Waals surface area (Å²) in [5, 5.41) is 25.8. The third kappa shape index (κ3) is 2.36. The van der Waals surface area contributed by atoms with Crippen LogP contribution in [0.5, 0.6) is 11.5 Å². The molecule has 0 unspecified atom stereocenters. The van der Waals surface area contributed by atoms with E-state index in [4.69, 9.17) is 5.41 Å². The van der Waals surface area contributed by atoms with Gasteiger partial charge in [0.15, 0.2) is 0 Å². The van der Waals surface area contributed by atoms with Crippen LogP contribution in [0.25, 0.3) is 0 Å². The molecular weight excluding hydrogens is 216 g/mol. The van der Waals surface area contributed by atoms with Crippen LogP contribution in [0, 0.1) is 5.41 Å². The van der Waals surface area contributed by atoms with Gasteiger partial charge >= 0.3 is 0 Å². The van der Waals surface area contributed by atoms with E-state index in [0.29, 0.717) is 0 Å². The number of rotatable bonds is 3. The topological polar surface area (TPSA) is 67.6 Å². The van der Waals surface area contributed by atoms with Gasteiger partial charge in [0, 0.05) is 11.4 Å². The van der Waals surface area contributed by atoms with Crippen LogP contribution in [0.3, 0.4) is 0 Å². The Morgan fingerprint density at radius 2 is 1.12 bits per heavy atom. The number of nitrogens with zero attached hydrogens (tertiary/aromatic N) is 1. The van der Waals surface area contributed by atoms with Crippen LogP contribution >= 0.6 is 0 Å². The minimum atomic E-state index is 0.185. The summed E-state index contributed by atoms with van der Waals surface area (Å²) < 4.78 is 0. The monoisotopic (exact) mass is 228 g/mol. The van der Waals surface area contributed by atoms with E-state index in [2.05, 4.69) is 0 Å². The van der Waals surface area contributed by atoms with E-state index < -0.39 is 0 Å². The van der Waals surface area contributed by atoms with Crippen molar-refractivity contribution in [3.05, 3.63) is 48.5 Å². The van der Waals surface area contributed by atoms with Gasteiger partial charge in [-0.1, -0.05) is 0 Å². The van der Waals surface area contributed by atoms with E-state index in [1.807, 2.05) is 0 Å². The van der Waals surface area contributed by atoms with Gasteiger partial charge < -0.3 is 15.1 Å². The number of phenolic OH excluding ortho intramolecular Hbond substituents is 2. The second kappa shape index (κ2) is 4.57. The van der Waals surface area contributed by atoms with Crippen molar-refractivity contribution in [1.29, 1.82) is 5.41 Å². The van der Waals surface area contributed by atoms with Crippen molar-refractivity contribution in [2.75, 3.05) is 4.90 Å². The normalized spacial score (nSPS) is 9.88. The second-order valence-electron chi connectivity index (χ2n) is 3.53. The van der Waals surface area contributed by atoms with Gasteiger partial charge in [-0.15, -0.1) is 0 Å². The first-order valence-corrected chi connectivity index (χ1v) is 5.08. The summed E-state index contributed by atoms with van der Waals surface area (Å²) in [5.41, 5.74) is 1.53. The van der Waals surface area contributed by atoms with E-state index in [1.54, 1.807) is 53.4 Å². The highest BCUT2D eigenvalue weighted by Gasteiger charge is 2.06. The third-order valence-corrected chi connectivity index (χ3v) is 2.38. The molecule has 0 aliphatic heterocycles. The Kier molecular flexibility index (Phi) is 2.96. The largest absolute Gasteiger partial charge is 0.508 e. The molecule has 0 atom stereocenters. The van der Waals surface area contributed by atoms with Crippen molar-refractivity contribution in [2.24, 2.45) is 0 Å². The highest BCUT2D eigenvalue weighted by Crippen LogP contribution is 2.26. The maximum atomic E-state index is 9.21. The summed E-state index contributed by atoms with van der Waals surface area (Å²) in [4.78, 5) is 1.64. The third-order valence-electron chi connectivity index (χ3n) is 2.38. The molecule has 0 radical (unpaired) electrons. The molecule has 0 saturated heterocycles. The van der Waals surface area contributed by atoms with E-state index >= 15 is 0 Å². The predicted octanol–water partition coefficient (Wildman–Crippen LogP) is 2.84. The molecule has 17 heavy (non-hydrogen) atoms. The van der Waals surface area contributed by atoms with Gasteiger partial charge in [-0.05, 0) is 48.5 Å². The highest BCUT2D eigenvalue weighted by atomic mass is 16.3. The molecular formula is C13H12N2O2. The van der Waals surface area contributed by atoms with Crippen molar-refractivity contribution in [1.82, 2.24) is 0 Å². The van der Waals surface area contributed by atoms with Gasteiger partial charge in [0.05, 0.1) is 6.34 Å². The lowest BCUT2D eigenvalue weighted by molar-refractivity contribution is 0.475. The zero-order valence-corrected chi connectivity index (χ0v) is 9.04. The lowest BCUT2D eigenvalue weighted by atomic mass is 10.2. The molecule has 0 aliphatic rings. The molecule has 2 aromatic carbocycles. The Balaban J connectivity index is 2.36. The van der Waals surface area contributed by atoms with Crippen LogP contribution in [0.4, 0.5) is 11.4 Å². The highest BCUT2D eigenvalue weighted by molar-refractivity contribution is 5.87. The molecule has 0 saturated carbocycles. The SMILES string of the molecule is N=CN(c1ccc(O)cc1)c1ccc(O)cc1. The van der Waals surface area contributed by atoms with Crippen molar-refractivity contribution in [3.8, 4) is 11.5 Å². The van der Waals surface area contributed by atoms with Crippen LogP contribution in [0.15, 0.2) is 48.5 Å². The van der Waals surface area contributed by atoms with Crippen LogP contribution in [-0.4, -0.2) is 16.6 Å². The molecule has 0 fully saturated rings. The standard InChI is InChI=1S/C13H12N2O2/c14-9-15(10-1-5-12(16)6-2-10)11-3-7-13(17)8-4-11/h1-9,14,16-17H. The van der Waals surface area contributed by atoms with Crippen LogP contribution < -0.4 is 4.90 Å². The number of nitrogens with one attached hydrogen (secondary N) is 1. The van der Waals surface area contributed by atoms with Crippen molar-refractivity contribution >= 4 is 17.7 Å². The minimum absolute atomic E-state index is 0.185. The van der Waals surface area contributed by atoms with Gasteiger partial charge in [0.2, 0.25) is 0 Å². The Bertz CT molecular complexity index is 460. The lowest BCUT2D eigenvalue weighted by Gasteiger charge is -2.19. The smallest absolute Gasteiger partial charge is 0.115 e. The maximum Gasteiger partial charge on any atom is 0.115 e. The maximum absolute atomic E-state index is 9.21. The van der Waals surface area contributed by atoms with Crippen LogP contribution in [-0.2, 0) is 0 Å². The first-order valence-electron chi connectivity index (χ1n) is 5.08. The molecule has 4 nitrogen and oxygen atoms in total. The molecule has 2 aromatic rings. The van der Waals surface area contributed by atoms with Gasteiger partial charge in [-0.2, -0.15) is 0 Å². The van der Waals surface area contributed by atoms with Gasteiger partial charge in [-0.25, -0.2) is 0 Å². The zero-order chi connectivity index (χ0) is 12.3. The first kappa shape index (κ1) is 11.0. The Labute approximate surface area is 98.9 Å². The van der Waals surface area contributed by atoms with Gasteiger partial charge in [0.25, 0.3) is 0 Å². The van der Waals surface area contributed by atoms with Crippen LogP contribution in [0.2, 0.25) is 0 Å². The zero-order valence-electron chi connectivity index (χ0n) is 9.04. The van der Waals surface area contributed by atoms with Crippen molar-refractivity contribution in [3.63, 3.8) is 0 Å². The Hall–Kier alpha value is -2.49. The van der Waals surface area contributed by atoms with Crippen molar-refractivity contribution < 1.29 is 10.2 Å². The van der Waals surface area contributed by atoms with E-state index in [9.17, 15) is 10.2 Å². The number of anilines is 2. The average molecular weight is 228 g/mol. The predicted molar refractivity (Wildman–Crippen MR) is 67.1 cm³/mol. The van der Waals surface area contributed by atoms with E-state index in [-0.39, 0.29) is 11.5 Å². The summed E-state index contributed by atoms with van der Waals surface area (Å²) in [6, 6.07) is 13.1. The fourth-order valence-corrected chi connectivity index (χ4v) is 1.52. The fraction of sp³-hybridized carbons (Fsp3) is 0. The molecule has 86 valence electrons. The Morgan fingerprint density at radius 3 is 1.41 bits per heavy atom. The Morgan fingerprint density at radius 1 is 0.765 bits per heavy atom. The average Bonchev–Trinajstić information content (AvgIpc) is 2.35. The molecule has 0 spiro atoms. The lowest BCUT2D eigenvalue weighted by Crippen LogP contribution is -2.13. The molecule has 0 aromatic heterocycles. The number of hydrogen-bond acceptors (Lipinski definition) is 3. The summed E-state index contributed by atoms with van der Waals surface area (Å²) in [7, 11) is 0. The molecule has 0 heterocycles. The number of aromatic hydroxyl groups is 2. The molecule has 0 aliphatic carbocycles. The molecule has 0 amide bonds. The first-order chi connectivity index (χ1) is 8.20. The molecule has 0 bridgehead atoms. The summed E-state index contributed by atoms with van der Waals surface area (Å²) in [6.07, 6.45) is 1.18. The molecule has 4 heteroatoms. The quantitative estimate of drug-likeness (QED) is 0.559. The van der Waals surface area contributed by atoms with E-state index in [0.717, 1.165) is 11.4 Å². The summed E-state index contributed by atoms with van der Waals surface area (Å²) >= 11 is 0. The van der Waals surface area contributed by atoms with Gasteiger partial charge in [-0.3, -0.25) is 5.41 Å². The van der Waals surface area contributed by atoms with Crippen molar-refractivity contribution in [2.45, 2.75) is 0 Å². The van der Waals surface area contributed by atoms with Gasteiger partial charge in [0.1, 0.15) is 11.5 Å². The number of benzene rings is 2. The van der Waals surface area contributed by atoms with E-state index in [1.165, 1.54) is 6.34 Å². The fourth-order valence-electron chi connectivity index (χ4n) is 1.52. The second-order valence-corrected chi connectivity index (χ2v) is 3.53. The minimum Gasteiger partial charge on any atom is -0.508 e.